The number of rotatable bonds is 5. The zero-order chi connectivity index (χ0) is 21.3. The molecule has 32 heavy (non-hydrogen) atoms. The third-order valence-corrected chi connectivity index (χ3v) is 6.90. The smallest absolute Gasteiger partial charge is 0.415 e. The van der Waals surface area contributed by atoms with Gasteiger partial charge in [-0.2, -0.15) is 0 Å². The highest BCUT2D eigenvalue weighted by Gasteiger charge is 2.48. The van der Waals surface area contributed by atoms with E-state index in [1.165, 1.54) is 11.0 Å². The number of para-hydroxylation sites is 1. The van der Waals surface area contributed by atoms with E-state index in [-0.39, 0.29) is 12.4 Å². The standard InChI is InChI=1S/C23H23FN4O2S.ClH/c24-17-5-1-2-7-20(17)28-15-23(30-22(28)29)10-8-16(9-11-23)13-26-21-27-19(14-31-21)18-6-3-4-12-25-18;/h1-7,12,14,16H,8-11,13,15H2,(H,26,27);1H. The first-order chi connectivity index (χ1) is 15.1. The van der Waals surface area contributed by atoms with Crippen LogP contribution < -0.4 is 10.2 Å². The number of halogens is 2. The van der Waals surface area contributed by atoms with Crippen LogP contribution in [-0.2, 0) is 4.74 Å². The maximum Gasteiger partial charge on any atom is 0.415 e. The lowest BCUT2D eigenvalue weighted by Crippen LogP contribution is -2.39. The molecule has 0 radical (unpaired) electrons. The Labute approximate surface area is 196 Å². The molecule has 1 spiro atoms. The minimum absolute atomic E-state index is 0. The monoisotopic (exact) mass is 474 g/mol. The van der Waals surface area contributed by atoms with Gasteiger partial charge >= 0.3 is 6.09 Å². The fraction of sp³-hybridized carbons (Fsp3) is 0.348. The van der Waals surface area contributed by atoms with Gasteiger partial charge in [0.2, 0.25) is 0 Å². The Hall–Kier alpha value is -2.71. The van der Waals surface area contributed by atoms with Gasteiger partial charge in [0, 0.05) is 18.1 Å². The van der Waals surface area contributed by atoms with Crippen LogP contribution in [0.15, 0.2) is 54.0 Å². The van der Waals surface area contributed by atoms with E-state index in [2.05, 4.69) is 15.3 Å². The SMILES string of the molecule is Cl.O=C1OC2(CCC(CNc3nc(-c4ccccn4)cs3)CC2)CN1c1ccccc1F. The molecule has 3 heterocycles. The minimum atomic E-state index is -0.511. The molecule has 5 rings (SSSR count). The van der Waals surface area contributed by atoms with Crippen molar-refractivity contribution in [2.45, 2.75) is 31.3 Å². The van der Waals surface area contributed by atoms with Crippen molar-refractivity contribution >= 4 is 40.7 Å². The number of nitrogens with one attached hydrogen (secondary N) is 1. The van der Waals surface area contributed by atoms with Gasteiger partial charge in [0.05, 0.1) is 17.9 Å². The maximum absolute atomic E-state index is 14.1. The number of benzene rings is 1. The quantitative estimate of drug-likeness (QED) is 0.509. The van der Waals surface area contributed by atoms with Crippen molar-refractivity contribution in [2.75, 3.05) is 23.3 Å². The molecule has 3 aromatic rings. The Morgan fingerprint density at radius 1 is 1.16 bits per heavy atom. The summed E-state index contributed by atoms with van der Waals surface area (Å²) >= 11 is 1.58. The van der Waals surface area contributed by atoms with Crippen LogP contribution in [0.2, 0.25) is 0 Å². The summed E-state index contributed by atoms with van der Waals surface area (Å²) in [6, 6.07) is 12.1. The summed E-state index contributed by atoms with van der Waals surface area (Å²) < 4.78 is 19.9. The lowest BCUT2D eigenvalue weighted by Gasteiger charge is -2.35. The number of carbonyl (C=O) groups excluding carboxylic acids is 1. The molecular weight excluding hydrogens is 451 g/mol. The van der Waals surface area contributed by atoms with Gasteiger partial charge in [-0.25, -0.2) is 14.2 Å². The molecule has 0 bridgehead atoms. The molecule has 2 fully saturated rings. The summed E-state index contributed by atoms with van der Waals surface area (Å²) in [5.41, 5.74) is 1.53. The first-order valence-corrected chi connectivity index (χ1v) is 11.4. The van der Waals surface area contributed by atoms with Gasteiger partial charge in [0.1, 0.15) is 17.1 Å². The van der Waals surface area contributed by atoms with Crippen molar-refractivity contribution in [1.29, 1.82) is 0 Å². The van der Waals surface area contributed by atoms with E-state index in [4.69, 9.17) is 4.74 Å². The van der Waals surface area contributed by atoms with Crippen LogP contribution >= 0.6 is 23.7 Å². The molecule has 2 aliphatic rings. The van der Waals surface area contributed by atoms with E-state index in [1.807, 2.05) is 23.6 Å². The number of anilines is 2. The van der Waals surface area contributed by atoms with E-state index in [0.29, 0.717) is 18.2 Å². The van der Waals surface area contributed by atoms with Crippen LogP contribution in [0.25, 0.3) is 11.4 Å². The lowest BCUT2D eigenvalue weighted by atomic mass is 9.78. The third kappa shape index (κ3) is 4.56. The summed E-state index contributed by atoms with van der Waals surface area (Å²) in [7, 11) is 0. The maximum atomic E-state index is 14.1. The van der Waals surface area contributed by atoms with Gasteiger partial charge in [-0.15, -0.1) is 23.7 Å². The molecule has 1 saturated carbocycles. The highest BCUT2D eigenvalue weighted by Crippen LogP contribution is 2.41. The molecule has 6 nitrogen and oxygen atoms in total. The fourth-order valence-corrected chi connectivity index (χ4v) is 5.08. The third-order valence-electron chi connectivity index (χ3n) is 6.10. The summed E-state index contributed by atoms with van der Waals surface area (Å²) in [6.45, 7) is 1.24. The van der Waals surface area contributed by atoms with Crippen molar-refractivity contribution in [1.82, 2.24) is 9.97 Å². The molecular formula is C23H24ClFN4O2S. The van der Waals surface area contributed by atoms with Crippen molar-refractivity contribution in [3.05, 3.63) is 59.9 Å². The van der Waals surface area contributed by atoms with Crippen LogP contribution in [0, 0.1) is 11.7 Å². The number of hydrogen-bond acceptors (Lipinski definition) is 6. The summed E-state index contributed by atoms with van der Waals surface area (Å²) in [5, 5.41) is 6.34. The van der Waals surface area contributed by atoms with Gasteiger partial charge < -0.3 is 10.1 Å². The molecule has 168 valence electrons. The van der Waals surface area contributed by atoms with E-state index in [9.17, 15) is 9.18 Å². The summed E-state index contributed by atoms with van der Waals surface area (Å²) in [5.74, 6) is 0.0805. The Balaban J connectivity index is 0.00000245. The van der Waals surface area contributed by atoms with E-state index < -0.39 is 17.5 Å². The lowest BCUT2D eigenvalue weighted by molar-refractivity contribution is 0.0148. The van der Waals surface area contributed by atoms with Crippen LogP contribution in [0.5, 0.6) is 0 Å². The molecule has 1 aliphatic heterocycles. The molecule has 1 amide bonds. The number of thiazole rings is 1. The second-order valence-electron chi connectivity index (χ2n) is 8.17. The number of aromatic nitrogens is 2. The van der Waals surface area contributed by atoms with E-state index in [0.717, 1.165) is 48.7 Å². The highest BCUT2D eigenvalue weighted by molar-refractivity contribution is 7.14. The molecule has 1 saturated heterocycles. The molecule has 9 heteroatoms. The predicted octanol–water partition coefficient (Wildman–Crippen LogP) is 5.76. The Bertz CT molecular complexity index is 1070. The number of hydrogen-bond donors (Lipinski definition) is 1. The van der Waals surface area contributed by atoms with Crippen molar-refractivity contribution in [3.63, 3.8) is 0 Å². The first kappa shape index (κ1) is 22.5. The van der Waals surface area contributed by atoms with Crippen molar-refractivity contribution < 1.29 is 13.9 Å². The van der Waals surface area contributed by atoms with Gasteiger partial charge in [-0.1, -0.05) is 18.2 Å². The van der Waals surface area contributed by atoms with Crippen molar-refractivity contribution in [2.24, 2.45) is 5.92 Å². The fourth-order valence-electron chi connectivity index (χ4n) is 4.37. The van der Waals surface area contributed by atoms with E-state index in [1.54, 1.807) is 35.7 Å². The molecule has 2 aromatic heterocycles. The molecule has 0 atom stereocenters. The highest BCUT2D eigenvalue weighted by atomic mass is 35.5. The number of nitrogens with zero attached hydrogens (tertiary/aromatic N) is 3. The number of pyridine rings is 1. The molecule has 1 aromatic carbocycles. The van der Waals surface area contributed by atoms with Gasteiger partial charge in [-0.05, 0) is 55.9 Å². The van der Waals surface area contributed by atoms with Crippen LogP contribution in [0.1, 0.15) is 25.7 Å². The van der Waals surface area contributed by atoms with Gasteiger partial charge in [0.25, 0.3) is 0 Å². The Morgan fingerprint density at radius 3 is 2.69 bits per heavy atom. The topological polar surface area (TPSA) is 67.3 Å². The van der Waals surface area contributed by atoms with Gasteiger partial charge in [-0.3, -0.25) is 9.88 Å². The first-order valence-electron chi connectivity index (χ1n) is 10.5. The van der Waals surface area contributed by atoms with Crippen molar-refractivity contribution in [3.8, 4) is 11.4 Å². The average Bonchev–Trinajstić information content (AvgIpc) is 3.39. The summed E-state index contributed by atoms with van der Waals surface area (Å²) in [6.07, 6.45) is 4.78. The molecule has 1 N–H and O–H groups in total. The van der Waals surface area contributed by atoms with Crippen LogP contribution in [-0.4, -0.2) is 34.8 Å². The molecule has 1 aliphatic carbocycles. The number of amides is 1. The Morgan fingerprint density at radius 2 is 1.94 bits per heavy atom. The zero-order valence-electron chi connectivity index (χ0n) is 17.4. The van der Waals surface area contributed by atoms with E-state index >= 15 is 0 Å². The number of carbonyl (C=O) groups is 1. The second kappa shape index (κ2) is 9.42. The van der Waals surface area contributed by atoms with Gasteiger partial charge in [0.15, 0.2) is 5.13 Å². The van der Waals surface area contributed by atoms with Crippen LogP contribution in [0.4, 0.5) is 20.0 Å². The Kier molecular flexibility index (Phi) is 6.62. The normalized spacial score (nSPS) is 22.5. The minimum Gasteiger partial charge on any atom is -0.441 e. The second-order valence-corrected chi connectivity index (χ2v) is 9.02. The zero-order valence-corrected chi connectivity index (χ0v) is 19.0. The van der Waals surface area contributed by atoms with Crippen LogP contribution in [0.3, 0.4) is 0 Å². The number of ether oxygens (including phenoxy) is 1. The summed E-state index contributed by atoms with van der Waals surface area (Å²) in [4.78, 5) is 22.8. The predicted molar refractivity (Wildman–Crippen MR) is 126 cm³/mol. The molecule has 0 unspecified atom stereocenters. The average molecular weight is 475 g/mol. The largest absolute Gasteiger partial charge is 0.441 e.